The molecule has 0 saturated carbocycles. The van der Waals surface area contributed by atoms with Crippen molar-refractivity contribution >= 4 is 17.2 Å². The molecule has 0 atom stereocenters. The molecule has 2 aliphatic rings. The van der Waals surface area contributed by atoms with Gasteiger partial charge in [0.25, 0.3) is 0 Å². The lowest BCUT2D eigenvalue weighted by molar-refractivity contribution is -0.112. The van der Waals surface area contributed by atoms with E-state index in [2.05, 4.69) is 0 Å². The predicted molar refractivity (Wildman–Crippen MR) is 89.2 cm³/mol. The van der Waals surface area contributed by atoms with Gasteiger partial charge in [-0.15, -0.1) is 0 Å². The summed E-state index contributed by atoms with van der Waals surface area (Å²) < 4.78 is 0. The van der Waals surface area contributed by atoms with Crippen LogP contribution in [0.5, 0.6) is 5.75 Å². The first kappa shape index (κ1) is 14.8. The summed E-state index contributed by atoms with van der Waals surface area (Å²) in [7, 11) is 0. The van der Waals surface area contributed by atoms with Crippen LogP contribution in [0, 0.1) is 20.8 Å². The predicted octanol–water partition coefficient (Wildman–Crippen LogP) is 4.18. The first-order valence-corrected chi connectivity index (χ1v) is 7.58. The van der Waals surface area contributed by atoms with Gasteiger partial charge in [0.05, 0.1) is 11.4 Å². The first-order valence-electron chi connectivity index (χ1n) is 7.58. The van der Waals surface area contributed by atoms with Gasteiger partial charge in [0, 0.05) is 17.6 Å². The Morgan fingerprint density at radius 2 is 1.50 bits per heavy atom. The Morgan fingerprint density at radius 1 is 0.864 bits per heavy atom. The van der Waals surface area contributed by atoms with Crippen LogP contribution in [0.1, 0.15) is 43.0 Å². The lowest BCUT2D eigenvalue weighted by Crippen LogP contribution is -2.24. The zero-order valence-corrected chi connectivity index (χ0v) is 14.0. The number of benzene rings is 1. The molecule has 1 N–H and O–H groups in total. The molecule has 1 aliphatic carbocycles. The van der Waals surface area contributed by atoms with E-state index in [1.54, 1.807) is 0 Å². The van der Waals surface area contributed by atoms with Gasteiger partial charge < -0.3 is 5.11 Å². The molecule has 3 heteroatoms. The van der Waals surface area contributed by atoms with E-state index in [0.717, 1.165) is 55.9 Å². The Balaban J connectivity index is 2.37. The van der Waals surface area contributed by atoms with Crippen LogP contribution < -0.4 is 0 Å². The van der Waals surface area contributed by atoms with Gasteiger partial charge in [-0.3, -0.25) is 4.79 Å². The maximum Gasteiger partial charge on any atom is 0.185 e. The Bertz CT molecular complexity index is 836. The van der Waals surface area contributed by atoms with Crippen LogP contribution in [0.4, 0.5) is 5.69 Å². The highest BCUT2D eigenvalue weighted by Gasteiger charge is 2.31. The number of hydrogen-bond donors (Lipinski definition) is 1. The minimum atomic E-state index is 0.112. The number of phenolic OH excluding ortho intramolecular Hbond substituents is 1. The van der Waals surface area contributed by atoms with E-state index in [4.69, 9.17) is 4.99 Å². The van der Waals surface area contributed by atoms with Crippen molar-refractivity contribution in [1.82, 2.24) is 0 Å². The van der Waals surface area contributed by atoms with Crippen molar-refractivity contribution < 1.29 is 9.90 Å². The third-order valence-electron chi connectivity index (χ3n) is 5.28. The maximum absolute atomic E-state index is 12.4. The monoisotopic (exact) mass is 295 g/mol. The van der Waals surface area contributed by atoms with Crippen LogP contribution >= 0.6 is 0 Å². The minimum Gasteiger partial charge on any atom is -0.507 e. The fourth-order valence-corrected chi connectivity index (χ4v) is 3.38. The van der Waals surface area contributed by atoms with Gasteiger partial charge in [0.2, 0.25) is 0 Å². The fourth-order valence-electron chi connectivity index (χ4n) is 3.38. The van der Waals surface area contributed by atoms with E-state index in [0.29, 0.717) is 12.2 Å². The molecule has 0 unspecified atom stereocenters. The van der Waals surface area contributed by atoms with Gasteiger partial charge in [0.1, 0.15) is 5.75 Å². The standard InChI is InChI=1S/C19H21NO2/c1-8-10(3)18(21)12(5)14-7-15-13(6)19(22)11(4)9(2)17(15)20-16(8)14/h21H,7H2,1-6H3. The highest BCUT2D eigenvalue weighted by molar-refractivity contribution is 6.27. The topological polar surface area (TPSA) is 49.7 Å². The average Bonchev–Trinajstić information content (AvgIpc) is 2.52. The van der Waals surface area contributed by atoms with Crippen molar-refractivity contribution in [2.45, 2.75) is 48.0 Å². The molecule has 0 saturated heterocycles. The second kappa shape index (κ2) is 4.67. The van der Waals surface area contributed by atoms with Crippen LogP contribution in [0.2, 0.25) is 0 Å². The average molecular weight is 295 g/mol. The molecule has 0 spiro atoms. The molecule has 1 aliphatic heterocycles. The maximum atomic E-state index is 12.4. The van der Waals surface area contributed by atoms with Crippen molar-refractivity contribution in [1.29, 1.82) is 0 Å². The molecule has 0 aromatic heterocycles. The number of allylic oxidation sites excluding steroid dienone is 4. The summed E-state index contributed by atoms with van der Waals surface area (Å²) in [4.78, 5) is 17.2. The van der Waals surface area contributed by atoms with E-state index in [9.17, 15) is 9.90 Å². The number of aromatic hydroxyl groups is 1. The second-order valence-electron chi connectivity index (χ2n) is 6.37. The molecule has 0 radical (unpaired) electrons. The third-order valence-corrected chi connectivity index (χ3v) is 5.28. The number of phenols is 1. The lowest BCUT2D eigenvalue weighted by Gasteiger charge is -2.28. The van der Waals surface area contributed by atoms with E-state index in [1.165, 1.54) is 0 Å². The van der Waals surface area contributed by atoms with Gasteiger partial charge in [-0.2, -0.15) is 0 Å². The zero-order chi connectivity index (χ0) is 16.3. The lowest BCUT2D eigenvalue weighted by atomic mass is 9.79. The summed E-state index contributed by atoms with van der Waals surface area (Å²) in [5.74, 6) is 0.458. The van der Waals surface area contributed by atoms with Crippen molar-refractivity contribution in [3.05, 3.63) is 44.5 Å². The molecular weight excluding hydrogens is 274 g/mol. The number of hydrogen-bond acceptors (Lipinski definition) is 3. The highest BCUT2D eigenvalue weighted by Crippen LogP contribution is 2.43. The Labute approximate surface area is 131 Å². The zero-order valence-electron chi connectivity index (χ0n) is 14.0. The Kier molecular flexibility index (Phi) is 3.13. The van der Waals surface area contributed by atoms with Gasteiger partial charge in [0.15, 0.2) is 5.78 Å². The molecule has 1 aromatic carbocycles. The number of fused-ring (bicyclic) bond motifs is 2. The smallest absolute Gasteiger partial charge is 0.185 e. The number of aliphatic imine (C=N–C) groups is 1. The van der Waals surface area contributed by atoms with Crippen LogP contribution in [-0.4, -0.2) is 16.6 Å². The molecule has 0 bridgehead atoms. The molecule has 0 fully saturated rings. The number of nitrogens with zero attached hydrogens (tertiary/aromatic N) is 1. The second-order valence-corrected chi connectivity index (χ2v) is 6.37. The summed E-state index contributed by atoms with van der Waals surface area (Å²) in [5, 5.41) is 10.3. The molecule has 114 valence electrons. The van der Waals surface area contributed by atoms with E-state index >= 15 is 0 Å². The van der Waals surface area contributed by atoms with Crippen LogP contribution in [0.15, 0.2) is 27.3 Å². The molecule has 1 aromatic rings. The molecule has 1 heterocycles. The van der Waals surface area contributed by atoms with Crippen molar-refractivity contribution in [3.63, 3.8) is 0 Å². The van der Waals surface area contributed by atoms with Gasteiger partial charge >= 0.3 is 0 Å². The first-order chi connectivity index (χ1) is 10.3. The number of Topliss-reactive ketones (excluding diaryl/α,β-unsaturated/α-hetero) is 1. The summed E-state index contributed by atoms with van der Waals surface area (Å²) in [5.41, 5.74) is 9.26. The summed E-state index contributed by atoms with van der Waals surface area (Å²) in [6, 6.07) is 0. The van der Waals surface area contributed by atoms with Crippen LogP contribution in [0.3, 0.4) is 0 Å². The SMILES string of the molecule is CC1=C(C)C2=Nc3c(C)c(C)c(O)c(C)c3CC2=C(C)C1=O. The fraction of sp³-hybridized carbons (Fsp3) is 0.368. The third kappa shape index (κ3) is 1.75. The molecule has 3 nitrogen and oxygen atoms in total. The summed E-state index contributed by atoms with van der Waals surface area (Å²) >= 11 is 0. The number of carbonyl (C=O) groups is 1. The van der Waals surface area contributed by atoms with Crippen molar-refractivity contribution in [3.8, 4) is 5.75 Å². The van der Waals surface area contributed by atoms with Gasteiger partial charge in [-0.1, -0.05) is 0 Å². The largest absolute Gasteiger partial charge is 0.507 e. The van der Waals surface area contributed by atoms with Crippen molar-refractivity contribution in [2.75, 3.05) is 0 Å². The van der Waals surface area contributed by atoms with Gasteiger partial charge in [-0.05, 0) is 74.9 Å². The van der Waals surface area contributed by atoms with Crippen LogP contribution in [0.25, 0.3) is 0 Å². The normalized spacial score (nSPS) is 17.5. The summed E-state index contributed by atoms with van der Waals surface area (Å²) in [6.07, 6.45) is 0.664. The Hall–Kier alpha value is -2.16. The van der Waals surface area contributed by atoms with Gasteiger partial charge in [-0.25, -0.2) is 4.99 Å². The number of carbonyl (C=O) groups excluding carboxylic acids is 1. The van der Waals surface area contributed by atoms with Crippen molar-refractivity contribution in [2.24, 2.45) is 4.99 Å². The Morgan fingerprint density at radius 3 is 2.14 bits per heavy atom. The quantitative estimate of drug-likeness (QED) is 0.730. The van der Waals surface area contributed by atoms with E-state index in [1.807, 2.05) is 41.5 Å². The number of ketones is 1. The molecule has 22 heavy (non-hydrogen) atoms. The molecule has 3 rings (SSSR count). The summed E-state index contributed by atoms with van der Waals surface area (Å²) in [6.45, 7) is 11.6. The van der Waals surface area contributed by atoms with E-state index < -0.39 is 0 Å². The number of rotatable bonds is 0. The molecule has 0 amide bonds. The molecular formula is C19H21NO2. The van der Waals surface area contributed by atoms with Crippen LogP contribution in [-0.2, 0) is 11.2 Å². The van der Waals surface area contributed by atoms with E-state index in [-0.39, 0.29) is 5.78 Å². The minimum absolute atomic E-state index is 0.112. The highest BCUT2D eigenvalue weighted by atomic mass is 16.3.